The summed E-state index contributed by atoms with van der Waals surface area (Å²) in [5, 5.41) is 2.89. The number of ether oxygens (including phenoxy) is 3. The third-order valence-corrected chi connectivity index (χ3v) is 6.20. The fraction of sp³-hybridized carbons (Fsp3) is 0.455. The average Bonchev–Trinajstić information content (AvgIpc) is 3.23. The molecule has 9 heteroatoms. The number of aryl methyl sites for hydroxylation is 1. The van der Waals surface area contributed by atoms with E-state index in [-0.39, 0.29) is 11.8 Å². The van der Waals surface area contributed by atoms with Gasteiger partial charge in [-0.2, -0.15) is 0 Å². The monoisotopic (exact) mass is 447 g/mol. The molecule has 0 unspecified atom stereocenters. The van der Waals surface area contributed by atoms with Gasteiger partial charge in [0.25, 0.3) is 5.91 Å². The minimum absolute atomic E-state index is 0.0953. The summed E-state index contributed by atoms with van der Waals surface area (Å²) in [6.45, 7) is 5.49. The first kappa shape index (κ1) is 22.9. The molecule has 3 rings (SSSR count). The number of nitrogens with one attached hydrogen (secondary N) is 1. The van der Waals surface area contributed by atoms with Crippen molar-refractivity contribution in [3.8, 4) is 17.2 Å². The van der Waals surface area contributed by atoms with Crippen molar-refractivity contribution in [3.63, 3.8) is 0 Å². The number of hydrogen-bond acceptors (Lipinski definition) is 7. The van der Waals surface area contributed by atoms with Crippen LogP contribution in [0.1, 0.15) is 21.0 Å². The predicted molar refractivity (Wildman–Crippen MR) is 121 cm³/mol. The number of benzene rings is 1. The topological polar surface area (TPSA) is 80.3 Å². The summed E-state index contributed by atoms with van der Waals surface area (Å²) >= 11 is 1.53. The van der Waals surface area contributed by atoms with Gasteiger partial charge in [-0.15, -0.1) is 11.3 Å². The lowest BCUT2D eigenvalue weighted by atomic mass is 10.2. The first-order chi connectivity index (χ1) is 14.9. The summed E-state index contributed by atoms with van der Waals surface area (Å²) in [6.07, 6.45) is 0.356. The molecule has 1 aliphatic rings. The van der Waals surface area contributed by atoms with Crippen LogP contribution in [0.5, 0.6) is 17.2 Å². The molecule has 0 aliphatic carbocycles. The second-order valence-corrected chi connectivity index (χ2v) is 8.54. The first-order valence-corrected chi connectivity index (χ1v) is 10.9. The molecule has 1 aliphatic heterocycles. The highest BCUT2D eigenvalue weighted by Crippen LogP contribution is 2.39. The summed E-state index contributed by atoms with van der Waals surface area (Å²) in [6, 6.07) is 7.27. The fourth-order valence-corrected chi connectivity index (χ4v) is 4.35. The lowest BCUT2D eigenvalue weighted by molar-refractivity contribution is -0.116. The highest BCUT2D eigenvalue weighted by molar-refractivity contribution is 7.13. The Hall–Kier alpha value is -2.78. The Balaban J connectivity index is 1.48. The van der Waals surface area contributed by atoms with Gasteiger partial charge in [0.15, 0.2) is 11.5 Å². The van der Waals surface area contributed by atoms with E-state index in [1.807, 2.05) is 24.0 Å². The number of amides is 2. The lowest BCUT2D eigenvalue weighted by Crippen LogP contribution is -2.49. The molecule has 1 saturated heterocycles. The van der Waals surface area contributed by atoms with Crippen molar-refractivity contribution in [2.75, 3.05) is 59.4 Å². The maximum Gasteiger partial charge on any atom is 0.264 e. The van der Waals surface area contributed by atoms with Crippen molar-refractivity contribution in [2.24, 2.45) is 0 Å². The molecule has 1 N–H and O–H groups in total. The van der Waals surface area contributed by atoms with Gasteiger partial charge in [-0.3, -0.25) is 14.5 Å². The zero-order valence-electron chi connectivity index (χ0n) is 18.4. The number of nitrogens with zero attached hydrogens (tertiary/aromatic N) is 2. The van der Waals surface area contributed by atoms with Gasteiger partial charge in [-0.25, -0.2) is 0 Å². The second-order valence-electron chi connectivity index (χ2n) is 7.26. The first-order valence-electron chi connectivity index (χ1n) is 10.1. The van der Waals surface area contributed by atoms with Gasteiger partial charge in [0.1, 0.15) is 0 Å². The summed E-state index contributed by atoms with van der Waals surface area (Å²) in [5.41, 5.74) is 0.584. The molecule has 0 bridgehead atoms. The number of rotatable bonds is 8. The fourth-order valence-electron chi connectivity index (χ4n) is 3.52. The molecular formula is C22H29N3O5S. The van der Waals surface area contributed by atoms with Gasteiger partial charge in [0.2, 0.25) is 11.7 Å². The number of hydrogen-bond donors (Lipinski definition) is 1. The molecule has 31 heavy (non-hydrogen) atoms. The number of methoxy groups -OCH3 is 3. The number of anilines is 1. The number of piperazine rings is 1. The second kappa shape index (κ2) is 10.5. The minimum Gasteiger partial charge on any atom is -0.493 e. The number of carbonyl (C=O) groups excluding carboxylic acids is 2. The summed E-state index contributed by atoms with van der Waals surface area (Å²) in [5.74, 6) is 1.45. The van der Waals surface area contributed by atoms with Crippen LogP contribution in [0, 0.1) is 6.92 Å². The Morgan fingerprint density at radius 3 is 2.16 bits per heavy atom. The molecule has 1 fully saturated rings. The third-order valence-electron chi connectivity index (χ3n) is 5.21. The summed E-state index contributed by atoms with van der Waals surface area (Å²) in [4.78, 5) is 31.0. The molecule has 0 radical (unpaired) electrons. The Kier molecular flexibility index (Phi) is 7.75. The van der Waals surface area contributed by atoms with Crippen LogP contribution in [0.3, 0.4) is 0 Å². The Morgan fingerprint density at radius 1 is 1.00 bits per heavy atom. The van der Waals surface area contributed by atoms with Crippen LogP contribution in [0.4, 0.5) is 5.69 Å². The van der Waals surface area contributed by atoms with E-state index in [1.54, 1.807) is 12.1 Å². The van der Waals surface area contributed by atoms with Gasteiger partial charge in [-0.1, -0.05) is 0 Å². The van der Waals surface area contributed by atoms with Crippen LogP contribution in [-0.2, 0) is 4.79 Å². The van der Waals surface area contributed by atoms with Crippen LogP contribution >= 0.6 is 11.3 Å². The van der Waals surface area contributed by atoms with E-state index in [0.29, 0.717) is 49.0 Å². The Labute approximate surface area is 186 Å². The van der Waals surface area contributed by atoms with Crippen LogP contribution in [0.2, 0.25) is 0 Å². The van der Waals surface area contributed by atoms with Crippen molar-refractivity contribution >= 4 is 28.8 Å². The van der Waals surface area contributed by atoms with Crippen LogP contribution in [0.25, 0.3) is 0 Å². The predicted octanol–water partition coefficient (Wildman–Crippen LogP) is 2.87. The maximum atomic E-state index is 12.6. The summed E-state index contributed by atoms with van der Waals surface area (Å²) < 4.78 is 15.9. The average molecular weight is 448 g/mol. The molecule has 2 heterocycles. The molecule has 8 nitrogen and oxygen atoms in total. The van der Waals surface area contributed by atoms with Gasteiger partial charge in [0, 0.05) is 61.8 Å². The SMILES string of the molecule is COc1cc(NC(=O)CCN2CCN(C(=O)c3ccc(C)s3)CC2)cc(OC)c1OC. The molecule has 168 valence electrons. The third kappa shape index (κ3) is 5.68. The zero-order valence-corrected chi connectivity index (χ0v) is 19.2. The highest BCUT2D eigenvalue weighted by Gasteiger charge is 2.23. The van der Waals surface area contributed by atoms with Crippen LogP contribution in [0.15, 0.2) is 24.3 Å². The molecule has 0 saturated carbocycles. The van der Waals surface area contributed by atoms with Crippen molar-refractivity contribution < 1.29 is 23.8 Å². The zero-order chi connectivity index (χ0) is 22.4. The van der Waals surface area contributed by atoms with Gasteiger partial charge < -0.3 is 24.4 Å². The van der Waals surface area contributed by atoms with Crippen molar-refractivity contribution in [1.29, 1.82) is 0 Å². The molecule has 2 amide bonds. The van der Waals surface area contributed by atoms with E-state index in [9.17, 15) is 9.59 Å². The molecule has 0 spiro atoms. The van der Waals surface area contributed by atoms with E-state index in [2.05, 4.69) is 10.2 Å². The maximum absolute atomic E-state index is 12.6. The minimum atomic E-state index is -0.0955. The Morgan fingerprint density at radius 2 is 1.65 bits per heavy atom. The quantitative estimate of drug-likeness (QED) is 0.670. The molecule has 2 aromatic rings. The van der Waals surface area contributed by atoms with Crippen LogP contribution < -0.4 is 19.5 Å². The molecular weight excluding hydrogens is 418 g/mol. The molecule has 1 aromatic heterocycles. The molecule has 1 aromatic carbocycles. The molecule has 0 atom stereocenters. The lowest BCUT2D eigenvalue weighted by Gasteiger charge is -2.34. The van der Waals surface area contributed by atoms with Crippen molar-refractivity contribution in [2.45, 2.75) is 13.3 Å². The smallest absolute Gasteiger partial charge is 0.264 e. The van der Waals surface area contributed by atoms with Crippen molar-refractivity contribution in [3.05, 3.63) is 34.0 Å². The number of thiophene rings is 1. The van der Waals surface area contributed by atoms with E-state index in [0.717, 1.165) is 22.8 Å². The largest absolute Gasteiger partial charge is 0.493 e. The standard InChI is InChI=1S/C22H29N3O5S/c1-15-5-6-19(31-15)22(27)25-11-9-24(10-12-25)8-7-20(26)23-16-13-17(28-2)21(30-4)18(14-16)29-3/h5-6,13-14H,7-12H2,1-4H3,(H,23,26). The summed E-state index contributed by atoms with van der Waals surface area (Å²) in [7, 11) is 4.60. The highest BCUT2D eigenvalue weighted by atomic mass is 32.1. The Bertz CT molecular complexity index is 897. The van der Waals surface area contributed by atoms with E-state index >= 15 is 0 Å². The normalized spacial score (nSPS) is 14.3. The van der Waals surface area contributed by atoms with E-state index < -0.39 is 0 Å². The van der Waals surface area contributed by atoms with Gasteiger partial charge in [0.05, 0.1) is 26.2 Å². The van der Waals surface area contributed by atoms with Gasteiger partial charge in [-0.05, 0) is 19.1 Å². The van der Waals surface area contributed by atoms with E-state index in [1.165, 1.54) is 32.7 Å². The van der Waals surface area contributed by atoms with E-state index in [4.69, 9.17) is 14.2 Å². The van der Waals surface area contributed by atoms with Crippen LogP contribution in [-0.4, -0.2) is 75.7 Å². The van der Waals surface area contributed by atoms with Crippen molar-refractivity contribution in [1.82, 2.24) is 9.80 Å². The number of carbonyl (C=O) groups is 2. The van der Waals surface area contributed by atoms with Gasteiger partial charge >= 0.3 is 0 Å².